The van der Waals surface area contributed by atoms with E-state index in [-0.39, 0.29) is 5.41 Å². The zero-order valence-corrected chi connectivity index (χ0v) is 12.7. The Morgan fingerprint density at radius 3 is 2.50 bits per heavy atom. The van der Waals surface area contributed by atoms with Crippen LogP contribution in [0.25, 0.3) is 0 Å². The summed E-state index contributed by atoms with van der Waals surface area (Å²) < 4.78 is 2.04. The molecule has 1 aromatic heterocycles. The molecule has 18 heavy (non-hydrogen) atoms. The van der Waals surface area contributed by atoms with Crippen molar-refractivity contribution in [3.63, 3.8) is 0 Å². The van der Waals surface area contributed by atoms with Gasteiger partial charge in [0, 0.05) is 19.0 Å². The summed E-state index contributed by atoms with van der Waals surface area (Å²) in [6, 6.07) is 0.428. The molecule has 0 bridgehead atoms. The van der Waals surface area contributed by atoms with E-state index < -0.39 is 0 Å². The van der Waals surface area contributed by atoms with Gasteiger partial charge in [-0.3, -0.25) is 0 Å². The monoisotopic (exact) mass is 252 g/mol. The van der Waals surface area contributed by atoms with Crippen molar-refractivity contribution < 1.29 is 0 Å². The molecule has 0 saturated heterocycles. The van der Waals surface area contributed by atoms with E-state index in [1.54, 1.807) is 6.33 Å². The number of hydrogen-bond acceptors (Lipinski definition) is 3. The van der Waals surface area contributed by atoms with E-state index in [0.717, 1.165) is 25.3 Å². The van der Waals surface area contributed by atoms with E-state index in [0.29, 0.717) is 12.0 Å². The van der Waals surface area contributed by atoms with Crippen LogP contribution in [0, 0.1) is 11.3 Å². The van der Waals surface area contributed by atoms with Crippen LogP contribution in [0.2, 0.25) is 0 Å². The molecular weight excluding hydrogens is 224 g/mol. The van der Waals surface area contributed by atoms with Gasteiger partial charge >= 0.3 is 0 Å². The fourth-order valence-corrected chi connectivity index (χ4v) is 2.06. The Kier molecular flexibility index (Phi) is 5.32. The number of likely N-dealkylation sites (N-methyl/N-ethyl adjacent to an activating group) is 1. The van der Waals surface area contributed by atoms with E-state index in [4.69, 9.17) is 0 Å². The third-order valence-electron chi connectivity index (χ3n) is 3.12. The molecule has 0 spiro atoms. The molecule has 1 unspecified atom stereocenters. The fraction of sp³-hybridized carbons (Fsp3) is 0.857. The molecule has 0 fully saturated rings. The highest BCUT2D eigenvalue weighted by Gasteiger charge is 2.25. The first-order chi connectivity index (χ1) is 8.34. The molecule has 0 aromatic carbocycles. The Morgan fingerprint density at radius 2 is 2.00 bits per heavy atom. The van der Waals surface area contributed by atoms with E-state index in [1.807, 2.05) is 4.68 Å². The maximum absolute atomic E-state index is 4.42. The number of rotatable bonds is 6. The van der Waals surface area contributed by atoms with Gasteiger partial charge in [0.15, 0.2) is 0 Å². The average Bonchev–Trinajstić information content (AvgIpc) is 2.62. The summed E-state index contributed by atoms with van der Waals surface area (Å²) in [4.78, 5) is 4.42. The lowest BCUT2D eigenvalue weighted by Gasteiger charge is -2.31. The molecular formula is C14H28N4. The first kappa shape index (κ1) is 15.2. The molecule has 1 aromatic rings. The van der Waals surface area contributed by atoms with Gasteiger partial charge in [-0.15, -0.1) is 0 Å². The Morgan fingerprint density at radius 1 is 1.33 bits per heavy atom. The van der Waals surface area contributed by atoms with Crippen LogP contribution in [0.3, 0.4) is 0 Å². The molecule has 0 saturated carbocycles. The van der Waals surface area contributed by atoms with Gasteiger partial charge in [-0.25, -0.2) is 9.67 Å². The average molecular weight is 252 g/mol. The Bertz CT molecular complexity index is 349. The molecule has 1 atom stereocenters. The minimum absolute atomic E-state index is 0.227. The first-order valence-corrected chi connectivity index (χ1v) is 6.94. The summed E-state index contributed by atoms with van der Waals surface area (Å²) in [5.74, 6) is 1.68. The normalized spacial score (nSPS) is 14.2. The summed E-state index contributed by atoms with van der Waals surface area (Å²) in [5, 5.41) is 7.89. The van der Waals surface area contributed by atoms with Crippen LogP contribution in [-0.2, 0) is 13.0 Å². The molecule has 0 radical (unpaired) electrons. The largest absolute Gasteiger partial charge is 0.313 e. The molecule has 4 nitrogen and oxygen atoms in total. The van der Waals surface area contributed by atoms with Crippen LogP contribution in [0.5, 0.6) is 0 Å². The molecule has 1 heterocycles. The topological polar surface area (TPSA) is 42.7 Å². The first-order valence-electron chi connectivity index (χ1n) is 6.94. The van der Waals surface area contributed by atoms with Crippen LogP contribution in [0.1, 0.15) is 47.4 Å². The van der Waals surface area contributed by atoms with E-state index >= 15 is 0 Å². The third-order valence-corrected chi connectivity index (χ3v) is 3.12. The highest BCUT2D eigenvalue weighted by atomic mass is 15.3. The van der Waals surface area contributed by atoms with Crippen molar-refractivity contribution in [2.75, 3.05) is 6.54 Å². The van der Waals surface area contributed by atoms with E-state index in [1.165, 1.54) is 0 Å². The van der Waals surface area contributed by atoms with Gasteiger partial charge in [-0.1, -0.05) is 41.5 Å². The molecule has 0 aliphatic carbocycles. The number of aromatic nitrogens is 3. The Hall–Kier alpha value is -0.900. The fourth-order valence-electron chi connectivity index (χ4n) is 2.06. The highest BCUT2D eigenvalue weighted by molar-refractivity contribution is 4.94. The lowest BCUT2D eigenvalue weighted by Crippen LogP contribution is -2.42. The minimum Gasteiger partial charge on any atom is -0.313 e. The van der Waals surface area contributed by atoms with E-state index in [2.05, 4.69) is 56.9 Å². The van der Waals surface area contributed by atoms with Crippen LogP contribution in [0.15, 0.2) is 6.33 Å². The molecule has 1 rings (SSSR count). The van der Waals surface area contributed by atoms with Gasteiger partial charge in [0.25, 0.3) is 0 Å². The Labute approximate surface area is 111 Å². The van der Waals surface area contributed by atoms with Crippen LogP contribution in [-0.4, -0.2) is 27.4 Å². The lowest BCUT2D eigenvalue weighted by atomic mass is 9.84. The van der Waals surface area contributed by atoms with Crippen molar-refractivity contribution in [1.82, 2.24) is 20.1 Å². The summed E-state index contributed by atoms with van der Waals surface area (Å²) in [6.45, 7) is 15.3. The predicted molar refractivity (Wildman–Crippen MR) is 75.5 cm³/mol. The van der Waals surface area contributed by atoms with Crippen molar-refractivity contribution in [2.45, 2.75) is 60.5 Å². The van der Waals surface area contributed by atoms with Crippen molar-refractivity contribution in [1.29, 1.82) is 0 Å². The van der Waals surface area contributed by atoms with Gasteiger partial charge in [0.2, 0.25) is 0 Å². The van der Waals surface area contributed by atoms with Crippen molar-refractivity contribution in [3.05, 3.63) is 12.2 Å². The molecule has 104 valence electrons. The second-order valence-corrected chi connectivity index (χ2v) is 6.43. The van der Waals surface area contributed by atoms with Crippen LogP contribution in [0.4, 0.5) is 0 Å². The second-order valence-electron chi connectivity index (χ2n) is 6.43. The molecule has 0 amide bonds. The highest BCUT2D eigenvalue weighted by Crippen LogP contribution is 2.22. The summed E-state index contributed by atoms with van der Waals surface area (Å²) in [5.41, 5.74) is 0.227. The molecule has 4 heteroatoms. The SMILES string of the molecule is CCNC(Cc1ncnn1CC(C)C)C(C)(C)C. The van der Waals surface area contributed by atoms with Gasteiger partial charge in [-0.05, 0) is 17.9 Å². The van der Waals surface area contributed by atoms with Crippen molar-refractivity contribution in [2.24, 2.45) is 11.3 Å². The Balaban J connectivity index is 2.78. The zero-order valence-electron chi connectivity index (χ0n) is 12.7. The van der Waals surface area contributed by atoms with Gasteiger partial charge in [0.05, 0.1) is 0 Å². The number of hydrogen-bond donors (Lipinski definition) is 1. The maximum Gasteiger partial charge on any atom is 0.138 e. The number of nitrogens with zero attached hydrogens (tertiary/aromatic N) is 3. The minimum atomic E-state index is 0.227. The van der Waals surface area contributed by atoms with Crippen molar-refractivity contribution in [3.8, 4) is 0 Å². The molecule has 0 aliphatic heterocycles. The summed E-state index contributed by atoms with van der Waals surface area (Å²) in [6.07, 6.45) is 2.60. The third kappa shape index (κ3) is 4.41. The van der Waals surface area contributed by atoms with Crippen molar-refractivity contribution >= 4 is 0 Å². The molecule has 1 N–H and O–H groups in total. The smallest absolute Gasteiger partial charge is 0.138 e. The summed E-state index contributed by atoms with van der Waals surface area (Å²) in [7, 11) is 0. The predicted octanol–water partition coefficient (Wildman–Crippen LogP) is 2.50. The van der Waals surface area contributed by atoms with Gasteiger partial charge in [-0.2, -0.15) is 5.10 Å². The standard InChI is InChI=1S/C14H28N4/c1-7-15-12(14(4,5)6)8-13-16-10-17-18(13)9-11(2)3/h10-12,15H,7-9H2,1-6H3. The van der Waals surface area contributed by atoms with Gasteiger partial charge < -0.3 is 5.32 Å². The van der Waals surface area contributed by atoms with E-state index in [9.17, 15) is 0 Å². The zero-order chi connectivity index (χ0) is 13.8. The quantitative estimate of drug-likeness (QED) is 0.846. The summed E-state index contributed by atoms with van der Waals surface area (Å²) >= 11 is 0. The van der Waals surface area contributed by atoms with Crippen LogP contribution >= 0.6 is 0 Å². The second kappa shape index (κ2) is 6.32. The van der Waals surface area contributed by atoms with Crippen LogP contribution < -0.4 is 5.32 Å². The lowest BCUT2D eigenvalue weighted by molar-refractivity contribution is 0.263. The molecule has 0 aliphatic rings. The van der Waals surface area contributed by atoms with Gasteiger partial charge in [0.1, 0.15) is 12.2 Å². The number of nitrogens with one attached hydrogen (secondary N) is 1. The maximum atomic E-state index is 4.42.